The Morgan fingerprint density at radius 2 is 1.89 bits per heavy atom. The average molecular weight is 388 g/mol. The van der Waals surface area contributed by atoms with Gasteiger partial charge in [0.25, 0.3) is 11.7 Å². The van der Waals surface area contributed by atoms with Crippen molar-refractivity contribution >= 4 is 29.1 Å². The minimum atomic E-state index is -0.831. The summed E-state index contributed by atoms with van der Waals surface area (Å²) in [6.45, 7) is -0.349. The second-order valence-corrected chi connectivity index (χ2v) is 6.44. The predicted octanol–water partition coefficient (Wildman–Crippen LogP) is 2.76. The van der Waals surface area contributed by atoms with Crippen LogP contribution in [0.2, 0.25) is 5.02 Å². The van der Waals surface area contributed by atoms with E-state index in [-0.39, 0.29) is 24.5 Å². The molecule has 0 spiro atoms. The highest BCUT2D eigenvalue weighted by atomic mass is 35.5. The van der Waals surface area contributed by atoms with Crippen LogP contribution in [0.25, 0.3) is 5.76 Å². The van der Waals surface area contributed by atoms with Gasteiger partial charge in [0.1, 0.15) is 11.5 Å². The predicted molar refractivity (Wildman–Crippen MR) is 101 cm³/mol. The molecule has 27 heavy (non-hydrogen) atoms. The molecule has 1 amide bonds. The molecule has 1 atom stereocenters. The fourth-order valence-corrected chi connectivity index (χ4v) is 3.27. The lowest BCUT2D eigenvalue weighted by Gasteiger charge is -2.24. The van der Waals surface area contributed by atoms with Crippen molar-refractivity contribution in [2.24, 2.45) is 0 Å². The van der Waals surface area contributed by atoms with E-state index < -0.39 is 17.7 Å². The molecule has 2 aromatic carbocycles. The van der Waals surface area contributed by atoms with Crippen LogP contribution in [0.1, 0.15) is 17.2 Å². The van der Waals surface area contributed by atoms with Gasteiger partial charge in [-0.1, -0.05) is 23.7 Å². The Bertz CT molecular complexity index is 907. The smallest absolute Gasteiger partial charge is 0.295 e. The van der Waals surface area contributed by atoms with Gasteiger partial charge in [-0.05, 0) is 42.0 Å². The Morgan fingerprint density at radius 3 is 2.52 bits per heavy atom. The number of rotatable bonds is 5. The molecule has 1 heterocycles. The van der Waals surface area contributed by atoms with Crippen LogP contribution in [0.15, 0.2) is 54.1 Å². The zero-order valence-corrected chi connectivity index (χ0v) is 15.3. The number of β-amino-alcohol motifs (C(OH)–C–C–N with tert-alkyl or cyclic N) is 1. The summed E-state index contributed by atoms with van der Waals surface area (Å²) in [4.78, 5) is 26.4. The first-order chi connectivity index (χ1) is 13.0. The summed E-state index contributed by atoms with van der Waals surface area (Å²) in [6, 6.07) is 12.4. The number of benzene rings is 2. The summed E-state index contributed by atoms with van der Waals surface area (Å²) in [5.74, 6) is -1.32. The first-order valence-corrected chi connectivity index (χ1v) is 8.65. The van der Waals surface area contributed by atoms with Crippen LogP contribution in [-0.4, -0.2) is 47.1 Å². The number of aliphatic hydroxyl groups excluding tert-OH is 2. The fourth-order valence-electron chi connectivity index (χ4n) is 3.14. The molecular formula is C20H18ClNO5. The standard InChI is InChI=1S/C20H18ClNO5/c1-27-15-4-2-3-13(11-15)17-16(19(25)20(26)22(17)9-10-23)18(24)12-5-7-14(21)8-6-12/h2-8,11,17,23-24H,9-10H2,1H3/b18-16+. The average Bonchev–Trinajstić information content (AvgIpc) is 2.93. The third-order valence-corrected chi connectivity index (χ3v) is 4.66. The normalized spacial score (nSPS) is 18.8. The lowest BCUT2D eigenvalue weighted by molar-refractivity contribution is -0.140. The van der Waals surface area contributed by atoms with Crippen molar-refractivity contribution in [1.29, 1.82) is 0 Å². The molecule has 1 saturated heterocycles. The van der Waals surface area contributed by atoms with Crippen LogP contribution in [0.3, 0.4) is 0 Å². The van der Waals surface area contributed by atoms with E-state index in [0.717, 1.165) is 0 Å². The van der Waals surface area contributed by atoms with Crippen molar-refractivity contribution in [2.45, 2.75) is 6.04 Å². The molecule has 0 aromatic heterocycles. The maximum Gasteiger partial charge on any atom is 0.295 e. The lowest BCUT2D eigenvalue weighted by Crippen LogP contribution is -2.32. The van der Waals surface area contributed by atoms with Crippen LogP contribution < -0.4 is 4.74 Å². The highest BCUT2D eigenvalue weighted by Gasteiger charge is 2.45. The largest absolute Gasteiger partial charge is 0.507 e. The van der Waals surface area contributed by atoms with Crippen molar-refractivity contribution < 1.29 is 24.5 Å². The SMILES string of the molecule is COc1cccc(C2/C(=C(\O)c3ccc(Cl)cc3)C(=O)C(=O)N2CCO)c1. The first-order valence-electron chi connectivity index (χ1n) is 8.27. The Hall–Kier alpha value is -2.83. The summed E-state index contributed by atoms with van der Waals surface area (Å²) < 4.78 is 5.23. The molecule has 0 bridgehead atoms. The molecule has 6 nitrogen and oxygen atoms in total. The van der Waals surface area contributed by atoms with E-state index in [2.05, 4.69) is 0 Å². The van der Waals surface area contributed by atoms with Crippen molar-refractivity contribution in [2.75, 3.05) is 20.3 Å². The number of aliphatic hydroxyl groups is 2. The zero-order chi connectivity index (χ0) is 19.6. The third kappa shape index (κ3) is 3.54. The number of ketones is 1. The van der Waals surface area contributed by atoms with Gasteiger partial charge in [0, 0.05) is 17.1 Å². The van der Waals surface area contributed by atoms with Gasteiger partial charge in [-0.15, -0.1) is 0 Å². The number of carbonyl (C=O) groups excluding carboxylic acids is 2. The van der Waals surface area contributed by atoms with Gasteiger partial charge in [0.15, 0.2) is 0 Å². The van der Waals surface area contributed by atoms with Crippen molar-refractivity contribution in [3.05, 3.63) is 70.3 Å². The molecule has 2 aromatic rings. The maximum atomic E-state index is 12.7. The van der Waals surface area contributed by atoms with E-state index in [1.165, 1.54) is 12.0 Å². The van der Waals surface area contributed by atoms with Gasteiger partial charge in [-0.25, -0.2) is 0 Å². The number of Topliss-reactive ketones (excluding diaryl/α,β-unsaturated/α-hetero) is 1. The number of hydrogen-bond acceptors (Lipinski definition) is 5. The van der Waals surface area contributed by atoms with Gasteiger partial charge in [-0.3, -0.25) is 9.59 Å². The number of methoxy groups -OCH3 is 1. The van der Waals surface area contributed by atoms with E-state index in [0.29, 0.717) is 21.9 Å². The minimum absolute atomic E-state index is 0.0378. The molecule has 7 heteroatoms. The van der Waals surface area contributed by atoms with E-state index in [4.69, 9.17) is 16.3 Å². The molecule has 0 saturated carbocycles. The molecule has 2 N–H and O–H groups in total. The minimum Gasteiger partial charge on any atom is -0.507 e. The van der Waals surface area contributed by atoms with Crippen molar-refractivity contribution in [3.63, 3.8) is 0 Å². The molecule has 140 valence electrons. The van der Waals surface area contributed by atoms with E-state index in [1.807, 2.05) is 0 Å². The number of ether oxygens (including phenoxy) is 1. The second kappa shape index (κ2) is 7.82. The van der Waals surface area contributed by atoms with Gasteiger partial charge < -0.3 is 19.8 Å². The maximum absolute atomic E-state index is 12.7. The quantitative estimate of drug-likeness (QED) is 0.468. The Kier molecular flexibility index (Phi) is 5.48. The summed E-state index contributed by atoms with van der Waals surface area (Å²) in [5, 5.41) is 20.6. The molecule has 1 aliphatic rings. The van der Waals surface area contributed by atoms with Gasteiger partial charge in [0.2, 0.25) is 0 Å². The van der Waals surface area contributed by atoms with Crippen LogP contribution >= 0.6 is 11.6 Å². The molecule has 0 radical (unpaired) electrons. The van der Waals surface area contributed by atoms with Gasteiger partial charge >= 0.3 is 0 Å². The topological polar surface area (TPSA) is 87.1 Å². The Balaban J connectivity index is 2.18. The number of amides is 1. The summed E-state index contributed by atoms with van der Waals surface area (Å²) in [6.07, 6.45) is 0. The molecule has 1 fully saturated rings. The summed E-state index contributed by atoms with van der Waals surface area (Å²) in [7, 11) is 1.51. The number of nitrogens with zero attached hydrogens (tertiary/aromatic N) is 1. The van der Waals surface area contributed by atoms with E-state index in [9.17, 15) is 19.8 Å². The zero-order valence-electron chi connectivity index (χ0n) is 14.6. The van der Waals surface area contributed by atoms with Crippen molar-refractivity contribution in [1.82, 2.24) is 4.90 Å². The van der Waals surface area contributed by atoms with E-state index >= 15 is 0 Å². The molecule has 0 aliphatic carbocycles. The van der Waals surface area contributed by atoms with Crippen LogP contribution in [0, 0.1) is 0 Å². The number of hydrogen-bond donors (Lipinski definition) is 2. The van der Waals surface area contributed by atoms with E-state index in [1.54, 1.807) is 48.5 Å². The number of carbonyl (C=O) groups is 2. The second-order valence-electron chi connectivity index (χ2n) is 6.00. The van der Waals surface area contributed by atoms with Crippen LogP contribution in [0.4, 0.5) is 0 Å². The highest BCUT2D eigenvalue weighted by Crippen LogP contribution is 2.40. The Morgan fingerprint density at radius 1 is 1.19 bits per heavy atom. The van der Waals surface area contributed by atoms with Crippen LogP contribution in [-0.2, 0) is 9.59 Å². The third-order valence-electron chi connectivity index (χ3n) is 4.41. The number of likely N-dealkylation sites (tertiary alicyclic amines) is 1. The van der Waals surface area contributed by atoms with Crippen molar-refractivity contribution in [3.8, 4) is 5.75 Å². The molecule has 1 unspecified atom stereocenters. The Labute approximate surface area is 161 Å². The number of halogens is 1. The highest BCUT2D eigenvalue weighted by molar-refractivity contribution is 6.46. The monoisotopic (exact) mass is 387 g/mol. The molecule has 1 aliphatic heterocycles. The van der Waals surface area contributed by atoms with Gasteiger partial charge in [0.05, 0.1) is 25.3 Å². The summed E-state index contributed by atoms with van der Waals surface area (Å²) >= 11 is 5.88. The lowest BCUT2D eigenvalue weighted by atomic mass is 9.95. The molecular weight excluding hydrogens is 370 g/mol. The summed E-state index contributed by atoms with van der Waals surface area (Å²) in [5.41, 5.74) is 0.927. The fraction of sp³-hybridized carbons (Fsp3) is 0.200. The van der Waals surface area contributed by atoms with Gasteiger partial charge in [-0.2, -0.15) is 0 Å². The molecule has 3 rings (SSSR count). The first kappa shape index (κ1) is 18.9. The van der Waals surface area contributed by atoms with Crippen LogP contribution in [0.5, 0.6) is 5.75 Å².